The topological polar surface area (TPSA) is 61.8 Å². The molecular formula is C13H21N3O. The molecule has 0 fully saturated rings. The molecule has 17 heavy (non-hydrogen) atoms. The van der Waals surface area contributed by atoms with E-state index in [9.17, 15) is 0 Å². The van der Waals surface area contributed by atoms with E-state index in [0.717, 1.165) is 23.2 Å². The summed E-state index contributed by atoms with van der Waals surface area (Å²) in [4.78, 5) is 2.17. The summed E-state index contributed by atoms with van der Waals surface area (Å²) in [5, 5.41) is 11.9. The lowest BCUT2D eigenvalue weighted by Crippen LogP contribution is -2.31. The molecule has 0 aliphatic heterocycles. The van der Waals surface area contributed by atoms with Gasteiger partial charge < -0.3 is 15.8 Å². The molecule has 0 amide bonds. The van der Waals surface area contributed by atoms with E-state index in [2.05, 4.69) is 23.9 Å². The van der Waals surface area contributed by atoms with Crippen molar-refractivity contribution < 1.29 is 5.21 Å². The molecule has 94 valence electrons. The smallest absolute Gasteiger partial charge is 0.172 e. The fourth-order valence-corrected chi connectivity index (χ4v) is 1.88. The van der Waals surface area contributed by atoms with E-state index in [-0.39, 0.29) is 5.84 Å². The highest BCUT2D eigenvalue weighted by atomic mass is 16.4. The van der Waals surface area contributed by atoms with Crippen molar-refractivity contribution in [2.24, 2.45) is 10.9 Å². The highest BCUT2D eigenvalue weighted by Crippen LogP contribution is 2.26. The van der Waals surface area contributed by atoms with Crippen LogP contribution >= 0.6 is 0 Å². The summed E-state index contributed by atoms with van der Waals surface area (Å²) < 4.78 is 0. The Balaban J connectivity index is 3.30. The lowest BCUT2D eigenvalue weighted by atomic mass is 10.0. The number of benzene rings is 1. The van der Waals surface area contributed by atoms with Crippen molar-refractivity contribution in [3.8, 4) is 0 Å². The van der Waals surface area contributed by atoms with E-state index in [1.54, 1.807) is 0 Å². The molecule has 0 bridgehead atoms. The summed E-state index contributed by atoms with van der Waals surface area (Å²) in [5.74, 6) is 0.152. The van der Waals surface area contributed by atoms with Crippen LogP contribution in [-0.4, -0.2) is 24.1 Å². The maximum absolute atomic E-state index is 8.83. The van der Waals surface area contributed by atoms with Gasteiger partial charge in [0, 0.05) is 18.7 Å². The summed E-state index contributed by atoms with van der Waals surface area (Å²) in [6.45, 7) is 6.33. The van der Waals surface area contributed by atoms with Crippen LogP contribution in [0.25, 0.3) is 0 Å². The van der Waals surface area contributed by atoms with Crippen LogP contribution in [0.15, 0.2) is 23.4 Å². The Hall–Kier alpha value is -1.71. The molecule has 4 heteroatoms. The minimum Gasteiger partial charge on any atom is -0.409 e. The largest absolute Gasteiger partial charge is 0.409 e. The van der Waals surface area contributed by atoms with E-state index >= 15 is 0 Å². The predicted octanol–water partition coefficient (Wildman–Crippen LogP) is 2.32. The van der Waals surface area contributed by atoms with Crippen LogP contribution in [0.1, 0.15) is 31.4 Å². The molecule has 0 saturated carbocycles. The first-order chi connectivity index (χ1) is 8.02. The first-order valence-electron chi connectivity index (χ1n) is 5.83. The number of para-hydroxylation sites is 1. The maximum Gasteiger partial charge on any atom is 0.172 e. The number of rotatable bonds is 4. The third-order valence-corrected chi connectivity index (χ3v) is 3.23. The Morgan fingerprint density at radius 1 is 1.53 bits per heavy atom. The van der Waals surface area contributed by atoms with Gasteiger partial charge in [0.2, 0.25) is 0 Å². The Kier molecular flexibility index (Phi) is 4.37. The molecule has 1 aromatic carbocycles. The quantitative estimate of drug-likeness (QED) is 0.364. The van der Waals surface area contributed by atoms with Gasteiger partial charge in [-0.1, -0.05) is 24.2 Å². The van der Waals surface area contributed by atoms with Gasteiger partial charge in [-0.25, -0.2) is 0 Å². The number of hydrogen-bond donors (Lipinski definition) is 2. The molecule has 0 aliphatic rings. The van der Waals surface area contributed by atoms with Gasteiger partial charge in [-0.2, -0.15) is 0 Å². The number of amidine groups is 1. The van der Waals surface area contributed by atoms with Crippen molar-refractivity contribution in [1.29, 1.82) is 0 Å². The maximum atomic E-state index is 8.83. The van der Waals surface area contributed by atoms with E-state index in [0.29, 0.717) is 6.04 Å². The molecule has 1 atom stereocenters. The molecular weight excluding hydrogens is 214 g/mol. The zero-order valence-corrected chi connectivity index (χ0v) is 10.9. The summed E-state index contributed by atoms with van der Waals surface area (Å²) in [6, 6.07) is 6.22. The van der Waals surface area contributed by atoms with Crippen LogP contribution in [0.3, 0.4) is 0 Å². The average Bonchev–Trinajstić information content (AvgIpc) is 2.35. The molecule has 0 spiro atoms. The van der Waals surface area contributed by atoms with E-state index in [4.69, 9.17) is 10.9 Å². The van der Waals surface area contributed by atoms with E-state index in [1.165, 1.54) is 0 Å². The zero-order chi connectivity index (χ0) is 13.0. The van der Waals surface area contributed by atoms with E-state index < -0.39 is 0 Å². The van der Waals surface area contributed by atoms with Crippen molar-refractivity contribution in [2.45, 2.75) is 33.2 Å². The first-order valence-corrected chi connectivity index (χ1v) is 5.83. The second-order valence-electron chi connectivity index (χ2n) is 4.32. The van der Waals surface area contributed by atoms with Gasteiger partial charge in [0.25, 0.3) is 0 Å². The second-order valence-corrected chi connectivity index (χ2v) is 4.32. The van der Waals surface area contributed by atoms with Crippen molar-refractivity contribution in [1.82, 2.24) is 0 Å². The summed E-state index contributed by atoms with van der Waals surface area (Å²) in [7, 11) is 2.03. The van der Waals surface area contributed by atoms with Gasteiger partial charge in [0.05, 0.1) is 5.69 Å². The molecule has 0 heterocycles. The van der Waals surface area contributed by atoms with Crippen LogP contribution in [-0.2, 0) is 0 Å². The average molecular weight is 235 g/mol. The molecule has 0 saturated heterocycles. The van der Waals surface area contributed by atoms with Crippen LogP contribution in [0.5, 0.6) is 0 Å². The zero-order valence-electron chi connectivity index (χ0n) is 10.9. The van der Waals surface area contributed by atoms with Gasteiger partial charge in [0.15, 0.2) is 5.84 Å². The molecule has 1 rings (SSSR count). The third-order valence-electron chi connectivity index (χ3n) is 3.23. The molecule has 3 N–H and O–H groups in total. The fourth-order valence-electron chi connectivity index (χ4n) is 1.88. The predicted molar refractivity (Wildman–Crippen MR) is 71.8 cm³/mol. The molecule has 4 nitrogen and oxygen atoms in total. The van der Waals surface area contributed by atoms with Crippen LogP contribution in [0.2, 0.25) is 0 Å². The highest BCUT2D eigenvalue weighted by Gasteiger charge is 2.16. The molecule has 0 aromatic heterocycles. The number of nitrogens with two attached hydrogens (primary N) is 1. The van der Waals surface area contributed by atoms with Gasteiger partial charge in [-0.3, -0.25) is 0 Å². The number of oxime groups is 1. The number of aryl methyl sites for hydroxylation is 1. The normalized spacial score (nSPS) is 13.5. The van der Waals surface area contributed by atoms with Crippen molar-refractivity contribution in [3.05, 3.63) is 29.3 Å². The second kappa shape index (κ2) is 5.57. The standard InChI is InChI=1S/C13H21N3O/c1-5-10(3)16(4)12-9(2)7-6-8-11(12)13(14)15-17/h6-8,10,17H,5H2,1-4H3,(H2,14,15). The first kappa shape index (κ1) is 13.4. The Labute approximate surface area is 103 Å². The van der Waals surface area contributed by atoms with Gasteiger partial charge in [-0.15, -0.1) is 0 Å². The van der Waals surface area contributed by atoms with Crippen molar-refractivity contribution in [2.75, 3.05) is 11.9 Å². The Bertz CT molecular complexity index is 415. The molecule has 1 aromatic rings. The number of anilines is 1. The van der Waals surface area contributed by atoms with Gasteiger partial charge >= 0.3 is 0 Å². The Morgan fingerprint density at radius 3 is 2.71 bits per heavy atom. The van der Waals surface area contributed by atoms with Crippen LogP contribution in [0.4, 0.5) is 5.69 Å². The fraction of sp³-hybridized carbons (Fsp3) is 0.462. The van der Waals surface area contributed by atoms with Crippen LogP contribution < -0.4 is 10.6 Å². The Morgan fingerprint density at radius 2 is 2.18 bits per heavy atom. The highest BCUT2D eigenvalue weighted by molar-refractivity contribution is 6.02. The SMILES string of the molecule is CCC(C)N(C)c1c(C)cccc1/C(N)=N/O. The lowest BCUT2D eigenvalue weighted by Gasteiger charge is -2.29. The van der Waals surface area contributed by atoms with Gasteiger partial charge in [0.1, 0.15) is 0 Å². The van der Waals surface area contributed by atoms with Gasteiger partial charge in [-0.05, 0) is 31.9 Å². The minimum atomic E-state index is 0.152. The molecule has 0 radical (unpaired) electrons. The number of hydrogen-bond acceptors (Lipinski definition) is 3. The number of nitrogens with zero attached hydrogens (tertiary/aromatic N) is 2. The van der Waals surface area contributed by atoms with Crippen LogP contribution in [0, 0.1) is 6.92 Å². The summed E-state index contributed by atoms with van der Waals surface area (Å²) >= 11 is 0. The molecule has 1 unspecified atom stereocenters. The third kappa shape index (κ3) is 2.70. The monoisotopic (exact) mass is 235 g/mol. The lowest BCUT2D eigenvalue weighted by molar-refractivity contribution is 0.318. The van der Waals surface area contributed by atoms with Crippen molar-refractivity contribution in [3.63, 3.8) is 0 Å². The summed E-state index contributed by atoms with van der Waals surface area (Å²) in [6.07, 6.45) is 1.04. The van der Waals surface area contributed by atoms with Crippen molar-refractivity contribution >= 4 is 11.5 Å². The minimum absolute atomic E-state index is 0.152. The molecule has 0 aliphatic carbocycles. The summed E-state index contributed by atoms with van der Waals surface area (Å²) in [5.41, 5.74) is 8.64. The van der Waals surface area contributed by atoms with E-state index in [1.807, 2.05) is 32.2 Å².